The van der Waals surface area contributed by atoms with Crippen molar-refractivity contribution in [2.24, 2.45) is 5.73 Å². The van der Waals surface area contributed by atoms with E-state index >= 15 is 0 Å². The minimum atomic E-state index is -0.307. The molecule has 0 fully saturated rings. The van der Waals surface area contributed by atoms with Gasteiger partial charge >= 0.3 is 0 Å². The molecule has 2 N–H and O–H groups in total. The van der Waals surface area contributed by atoms with E-state index in [9.17, 15) is 4.79 Å². The zero-order valence-electron chi connectivity index (χ0n) is 9.97. The van der Waals surface area contributed by atoms with Gasteiger partial charge in [0.15, 0.2) is 0 Å². The van der Waals surface area contributed by atoms with Gasteiger partial charge in [-0.1, -0.05) is 11.8 Å². The standard InChI is InChI=1S/C12H13N3OS2/c1-6(10(13)16)17-11-9-7-3-2-4-8(7)18-12(9)15-5-14-11/h5-6H,2-4H2,1H3,(H2,13,16)/t6-/m0/s1. The first-order valence-corrected chi connectivity index (χ1v) is 7.57. The monoisotopic (exact) mass is 279 g/mol. The third-order valence-corrected chi connectivity index (χ3v) is 5.47. The second-order valence-electron chi connectivity index (χ2n) is 4.38. The molecule has 0 saturated carbocycles. The highest BCUT2D eigenvalue weighted by Crippen LogP contribution is 2.40. The zero-order chi connectivity index (χ0) is 12.7. The van der Waals surface area contributed by atoms with E-state index in [1.165, 1.54) is 28.6 Å². The number of aromatic nitrogens is 2. The van der Waals surface area contributed by atoms with Crippen LogP contribution in [0.25, 0.3) is 10.2 Å². The minimum Gasteiger partial charge on any atom is -0.369 e. The van der Waals surface area contributed by atoms with Crippen LogP contribution in [0.4, 0.5) is 0 Å². The van der Waals surface area contributed by atoms with Crippen LogP contribution in [0.2, 0.25) is 0 Å². The number of amides is 1. The average Bonchev–Trinajstić information content (AvgIpc) is 2.88. The van der Waals surface area contributed by atoms with Crippen molar-refractivity contribution in [1.29, 1.82) is 0 Å². The first kappa shape index (κ1) is 11.9. The average molecular weight is 279 g/mol. The molecular weight excluding hydrogens is 266 g/mol. The highest BCUT2D eigenvalue weighted by atomic mass is 32.2. The minimum absolute atomic E-state index is 0.264. The Bertz CT molecular complexity index is 623. The summed E-state index contributed by atoms with van der Waals surface area (Å²) in [5.41, 5.74) is 6.70. The summed E-state index contributed by atoms with van der Waals surface area (Å²) in [5.74, 6) is -0.307. The number of nitrogens with two attached hydrogens (primary N) is 1. The summed E-state index contributed by atoms with van der Waals surface area (Å²) in [6.07, 6.45) is 5.03. The molecule has 18 heavy (non-hydrogen) atoms. The smallest absolute Gasteiger partial charge is 0.230 e. The lowest BCUT2D eigenvalue weighted by Crippen LogP contribution is -2.22. The molecule has 2 heterocycles. The van der Waals surface area contributed by atoms with E-state index in [0.717, 1.165) is 28.1 Å². The maximum atomic E-state index is 11.2. The van der Waals surface area contributed by atoms with E-state index in [-0.39, 0.29) is 11.2 Å². The molecule has 0 radical (unpaired) electrons. The van der Waals surface area contributed by atoms with E-state index < -0.39 is 0 Å². The van der Waals surface area contributed by atoms with E-state index in [1.807, 2.05) is 6.92 Å². The molecule has 0 saturated heterocycles. The fourth-order valence-corrected chi connectivity index (χ4v) is 4.40. The van der Waals surface area contributed by atoms with Crippen molar-refractivity contribution in [2.75, 3.05) is 0 Å². The number of thiophene rings is 1. The van der Waals surface area contributed by atoms with Crippen LogP contribution in [0, 0.1) is 0 Å². The Hall–Kier alpha value is -1.14. The van der Waals surface area contributed by atoms with Crippen molar-refractivity contribution in [3.05, 3.63) is 16.8 Å². The molecule has 2 aromatic rings. The molecule has 4 nitrogen and oxygen atoms in total. The number of thioether (sulfide) groups is 1. The van der Waals surface area contributed by atoms with Crippen molar-refractivity contribution in [3.63, 3.8) is 0 Å². The van der Waals surface area contributed by atoms with Gasteiger partial charge in [-0.05, 0) is 31.7 Å². The second-order valence-corrected chi connectivity index (χ2v) is 6.79. The van der Waals surface area contributed by atoms with Crippen LogP contribution in [0.15, 0.2) is 11.4 Å². The van der Waals surface area contributed by atoms with Crippen molar-refractivity contribution >= 4 is 39.2 Å². The number of rotatable bonds is 3. The Labute approximate surface area is 113 Å². The van der Waals surface area contributed by atoms with E-state index in [4.69, 9.17) is 5.73 Å². The Balaban J connectivity index is 2.09. The van der Waals surface area contributed by atoms with Crippen LogP contribution in [0.5, 0.6) is 0 Å². The van der Waals surface area contributed by atoms with Crippen molar-refractivity contribution in [1.82, 2.24) is 9.97 Å². The molecule has 1 amide bonds. The third-order valence-electron chi connectivity index (χ3n) is 3.16. The highest BCUT2D eigenvalue weighted by Gasteiger charge is 2.22. The van der Waals surface area contributed by atoms with Gasteiger partial charge in [0.1, 0.15) is 16.2 Å². The summed E-state index contributed by atoms with van der Waals surface area (Å²) in [7, 11) is 0. The first-order valence-electron chi connectivity index (χ1n) is 5.88. The van der Waals surface area contributed by atoms with E-state index in [0.29, 0.717) is 0 Å². The van der Waals surface area contributed by atoms with E-state index in [1.54, 1.807) is 17.7 Å². The Morgan fingerprint density at radius 3 is 3.11 bits per heavy atom. The number of carbonyl (C=O) groups is 1. The molecule has 6 heteroatoms. The quantitative estimate of drug-likeness (QED) is 0.690. The molecule has 0 unspecified atom stereocenters. The maximum Gasteiger partial charge on any atom is 0.230 e. The van der Waals surface area contributed by atoms with Crippen LogP contribution < -0.4 is 5.73 Å². The number of hydrogen-bond donors (Lipinski definition) is 1. The third kappa shape index (κ3) is 1.89. The topological polar surface area (TPSA) is 68.9 Å². The Kier molecular flexibility index (Phi) is 2.99. The van der Waals surface area contributed by atoms with Gasteiger partial charge in [0.05, 0.1) is 5.25 Å². The SMILES string of the molecule is C[C@H](Sc1ncnc2sc3c(c12)CCC3)C(N)=O. The molecule has 1 atom stereocenters. The van der Waals surface area contributed by atoms with Crippen molar-refractivity contribution < 1.29 is 4.79 Å². The van der Waals surface area contributed by atoms with Crippen LogP contribution in [-0.4, -0.2) is 21.1 Å². The highest BCUT2D eigenvalue weighted by molar-refractivity contribution is 8.00. The molecule has 0 spiro atoms. The van der Waals surface area contributed by atoms with Crippen LogP contribution in [-0.2, 0) is 17.6 Å². The maximum absolute atomic E-state index is 11.2. The van der Waals surface area contributed by atoms with Crippen molar-refractivity contribution in [2.45, 2.75) is 36.5 Å². The van der Waals surface area contributed by atoms with Crippen LogP contribution in [0.1, 0.15) is 23.8 Å². The second kappa shape index (κ2) is 4.51. The number of hydrogen-bond acceptors (Lipinski definition) is 5. The number of fused-ring (bicyclic) bond motifs is 3. The summed E-state index contributed by atoms with van der Waals surface area (Å²) in [6.45, 7) is 1.81. The van der Waals surface area contributed by atoms with Gasteiger partial charge in [0.25, 0.3) is 0 Å². The molecule has 1 aliphatic rings. The van der Waals surface area contributed by atoms with Gasteiger partial charge in [-0.3, -0.25) is 4.79 Å². The lowest BCUT2D eigenvalue weighted by atomic mass is 10.2. The lowest BCUT2D eigenvalue weighted by Gasteiger charge is -2.07. The van der Waals surface area contributed by atoms with Crippen LogP contribution in [0.3, 0.4) is 0 Å². The first-order chi connectivity index (χ1) is 8.66. The Morgan fingerprint density at radius 2 is 2.33 bits per heavy atom. The van der Waals surface area contributed by atoms with Gasteiger partial charge in [-0.15, -0.1) is 11.3 Å². The van der Waals surface area contributed by atoms with Gasteiger partial charge in [-0.25, -0.2) is 9.97 Å². The number of carbonyl (C=O) groups excluding carboxylic acids is 1. The summed E-state index contributed by atoms with van der Waals surface area (Å²) in [6, 6.07) is 0. The predicted molar refractivity (Wildman–Crippen MR) is 74.0 cm³/mol. The molecule has 1 aliphatic carbocycles. The van der Waals surface area contributed by atoms with Crippen LogP contribution >= 0.6 is 23.1 Å². The number of primary amides is 1. The molecule has 3 rings (SSSR count). The summed E-state index contributed by atoms with van der Waals surface area (Å²) >= 11 is 3.19. The number of aryl methyl sites for hydroxylation is 2. The van der Waals surface area contributed by atoms with Crippen molar-refractivity contribution in [3.8, 4) is 0 Å². The lowest BCUT2D eigenvalue weighted by molar-refractivity contribution is -0.117. The Morgan fingerprint density at radius 1 is 1.50 bits per heavy atom. The van der Waals surface area contributed by atoms with Gasteiger partial charge in [-0.2, -0.15) is 0 Å². The number of nitrogens with zero attached hydrogens (tertiary/aromatic N) is 2. The summed E-state index contributed by atoms with van der Waals surface area (Å²) in [4.78, 5) is 22.3. The van der Waals surface area contributed by atoms with Gasteiger partial charge in [0.2, 0.25) is 5.91 Å². The zero-order valence-corrected chi connectivity index (χ0v) is 11.6. The molecule has 0 bridgehead atoms. The molecule has 94 valence electrons. The molecule has 0 aliphatic heterocycles. The largest absolute Gasteiger partial charge is 0.369 e. The van der Waals surface area contributed by atoms with Gasteiger partial charge in [0, 0.05) is 10.3 Å². The van der Waals surface area contributed by atoms with Gasteiger partial charge < -0.3 is 5.73 Å². The fourth-order valence-electron chi connectivity index (χ4n) is 2.21. The molecule has 2 aromatic heterocycles. The molecular formula is C12H13N3OS2. The normalized spacial score (nSPS) is 15.8. The summed E-state index contributed by atoms with van der Waals surface area (Å²) < 4.78 is 0. The molecule has 0 aromatic carbocycles. The summed E-state index contributed by atoms with van der Waals surface area (Å²) in [5, 5.41) is 1.78. The predicted octanol–water partition coefficient (Wildman–Crippen LogP) is 2.15. The fraction of sp³-hybridized carbons (Fsp3) is 0.417. The van der Waals surface area contributed by atoms with E-state index in [2.05, 4.69) is 9.97 Å².